The van der Waals surface area contributed by atoms with E-state index in [1.807, 2.05) is 14.1 Å². The molecule has 1 rings (SSSR count). The van der Waals surface area contributed by atoms with E-state index in [2.05, 4.69) is 10.2 Å². The predicted molar refractivity (Wildman–Crippen MR) is 68.5 cm³/mol. The van der Waals surface area contributed by atoms with Crippen LogP contribution >= 0.6 is 0 Å². The fourth-order valence-corrected chi connectivity index (χ4v) is 2.09. The van der Waals surface area contributed by atoms with Crippen LogP contribution in [0.3, 0.4) is 0 Å². The molecule has 104 valence electrons. The van der Waals surface area contributed by atoms with Gasteiger partial charge in [-0.3, -0.25) is 0 Å². The van der Waals surface area contributed by atoms with Gasteiger partial charge >= 0.3 is 12.0 Å². The molecule has 2 atom stereocenters. The number of carbonyl (C=O) groups is 2. The van der Waals surface area contributed by atoms with Crippen LogP contribution in [0.15, 0.2) is 0 Å². The molecule has 1 aliphatic rings. The van der Waals surface area contributed by atoms with Crippen molar-refractivity contribution in [3.05, 3.63) is 0 Å². The van der Waals surface area contributed by atoms with Crippen molar-refractivity contribution in [3.63, 3.8) is 0 Å². The van der Waals surface area contributed by atoms with Crippen LogP contribution in [0.4, 0.5) is 4.79 Å². The third-order valence-electron chi connectivity index (χ3n) is 3.39. The van der Waals surface area contributed by atoms with E-state index >= 15 is 0 Å². The number of carbonyl (C=O) groups excluding carboxylic acids is 1. The van der Waals surface area contributed by atoms with E-state index in [1.54, 1.807) is 18.7 Å². The maximum absolute atomic E-state index is 12.0. The summed E-state index contributed by atoms with van der Waals surface area (Å²) in [6.45, 7) is 4.90. The highest BCUT2D eigenvalue weighted by atomic mass is 16.4. The number of carboxylic acid groups (broad SMARTS) is 1. The molecule has 1 saturated heterocycles. The summed E-state index contributed by atoms with van der Waals surface area (Å²) >= 11 is 0. The van der Waals surface area contributed by atoms with Gasteiger partial charge in [0, 0.05) is 19.1 Å². The number of likely N-dealkylation sites (N-methyl/N-ethyl adjacent to an activating group) is 1. The van der Waals surface area contributed by atoms with Gasteiger partial charge in [-0.15, -0.1) is 0 Å². The quantitative estimate of drug-likeness (QED) is 0.766. The van der Waals surface area contributed by atoms with Gasteiger partial charge in [-0.2, -0.15) is 0 Å². The van der Waals surface area contributed by atoms with Crippen LogP contribution in [0.5, 0.6) is 0 Å². The SMILES string of the molecule is CC(C)[C@H](NC(=O)N1CCC(N(C)C)C1)C(=O)O. The Labute approximate surface area is 108 Å². The van der Waals surface area contributed by atoms with Crippen molar-refractivity contribution in [1.29, 1.82) is 0 Å². The average Bonchev–Trinajstić information content (AvgIpc) is 2.73. The van der Waals surface area contributed by atoms with Crippen molar-refractivity contribution in [3.8, 4) is 0 Å². The molecule has 6 nitrogen and oxygen atoms in total. The third kappa shape index (κ3) is 3.60. The fourth-order valence-electron chi connectivity index (χ4n) is 2.09. The van der Waals surface area contributed by atoms with E-state index in [1.165, 1.54) is 0 Å². The van der Waals surface area contributed by atoms with Crippen LogP contribution < -0.4 is 5.32 Å². The molecule has 6 heteroatoms. The number of rotatable bonds is 4. The molecule has 1 unspecified atom stereocenters. The van der Waals surface area contributed by atoms with E-state index in [0.717, 1.165) is 6.42 Å². The van der Waals surface area contributed by atoms with Crippen molar-refractivity contribution >= 4 is 12.0 Å². The van der Waals surface area contributed by atoms with Gasteiger partial charge in [-0.1, -0.05) is 13.8 Å². The molecule has 0 aromatic rings. The largest absolute Gasteiger partial charge is 0.480 e. The van der Waals surface area contributed by atoms with Crippen LogP contribution in [0, 0.1) is 5.92 Å². The maximum atomic E-state index is 12.0. The number of hydrogen-bond acceptors (Lipinski definition) is 3. The molecule has 0 spiro atoms. The third-order valence-corrected chi connectivity index (χ3v) is 3.39. The second-order valence-corrected chi connectivity index (χ2v) is 5.36. The first kappa shape index (κ1) is 14.8. The van der Waals surface area contributed by atoms with Crippen LogP contribution in [0.25, 0.3) is 0 Å². The molecule has 1 heterocycles. The van der Waals surface area contributed by atoms with Gasteiger partial charge in [-0.05, 0) is 26.4 Å². The lowest BCUT2D eigenvalue weighted by atomic mass is 10.1. The standard InChI is InChI=1S/C12H23N3O3/c1-8(2)10(11(16)17)13-12(18)15-6-5-9(7-15)14(3)4/h8-10H,5-7H2,1-4H3,(H,13,18)(H,16,17)/t9?,10-/m0/s1. The zero-order valence-corrected chi connectivity index (χ0v) is 11.5. The minimum atomic E-state index is -0.985. The van der Waals surface area contributed by atoms with Gasteiger partial charge in [-0.25, -0.2) is 9.59 Å². The number of carboxylic acids is 1. The van der Waals surface area contributed by atoms with E-state index in [9.17, 15) is 9.59 Å². The highest BCUT2D eigenvalue weighted by Crippen LogP contribution is 2.13. The smallest absolute Gasteiger partial charge is 0.326 e. The first-order valence-corrected chi connectivity index (χ1v) is 6.27. The molecule has 2 N–H and O–H groups in total. The number of nitrogens with zero attached hydrogens (tertiary/aromatic N) is 2. The van der Waals surface area contributed by atoms with Gasteiger partial charge in [0.25, 0.3) is 0 Å². The van der Waals surface area contributed by atoms with Gasteiger partial charge in [0.15, 0.2) is 0 Å². The maximum Gasteiger partial charge on any atom is 0.326 e. The lowest BCUT2D eigenvalue weighted by Crippen LogP contribution is -2.50. The Morgan fingerprint density at radius 2 is 2.00 bits per heavy atom. The molecule has 0 saturated carbocycles. The molecule has 2 amide bonds. The zero-order chi connectivity index (χ0) is 13.9. The number of aliphatic carboxylic acids is 1. The van der Waals surface area contributed by atoms with E-state index in [0.29, 0.717) is 19.1 Å². The first-order valence-electron chi connectivity index (χ1n) is 6.27. The monoisotopic (exact) mass is 257 g/mol. The van der Waals surface area contributed by atoms with Gasteiger partial charge in [0.1, 0.15) is 6.04 Å². The Bertz CT molecular complexity index is 318. The predicted octanol–water partition coefficient (Wildman–Crippen LogP) is 0.441. The molecule has 1 aliphatic heterocycles. The van der Waals surface area contributed by atoms with Crippen molar-refractivity contribution < 1.29 is 14.7 Å². The summed E-state index contributed by atoms with van der Waals surface area (Å²) < 4.78 is 0. The summed E-state index contributed by atoms with van der Waals surface area (Å²) in [5.74, 6) is -1.11. The van der Waals surface area contributed by atoms with Crippen LogP contribution in [0.1, 0.15) is 20.3 Å². The minimum absolute atomic E-state index is 0.126. The zero-order valence-electron chi connectivity index (χ0n) is 11.5. The van der Waals surface area contributed by atoms with Crippen LogP contribution in [-0.2, 0) is 4.79 Å². The summed E-state index contributed by atoms with van der Waals surface area (Å²) in [5, 5.41) is 11.6. The highest BCUT2D eigenvalue weighted by molar-refractivity contribution is 5.82. The second kappa shape index (κ2) is 6.04. The normalized spacial score (nSPS) is 21.4. The summed E-state index contributed by atoms with van der Waals surface area (Å²) in [6, 6.07) is -0.741. The number of urea groups is 1. The Morgan fingerprint density at radius 1 is 1.39 bits per heavy atom. The molecule has 1 fully saturated rings. The van der Waals surface area contributed by atoms with E-state index in [-0.39, 0.29) is 11.9 Å². The van der Waals surface area contributed by atoms with Gasteiger partial charge in [0.2, 0.25) is 0 Å². The number of hydrogen-bond donors (Lipinski definition) is 2. The van der Waals surface area contributed by atoms with Crippen LogP contribution in [0.2, 0.25) is 0 Å². The Kier molecular flexibility index (Phi) is 4.95. The molecule has 0 aliphatic carbocycles. The lowest BCUT2D eigenvalue weighted by molar-refractivity contribution is -0.140. The Hall–Kier alpha value is -1.30. The summed E-state index contributed by atoms with van der Waals surface area (Å²) in [4.78, 5) is 26.8. The van der Waals surface area contributed by atoms with E-state index < -0.39 is 12.0 Å². The molecular formula is C12H23N3O3. The summed E-state index contributed by atoms with van der Waals surface area (Å²) in [5.41, 5.74) is 0. The lowest BCUT2D eigenvalue weighted by Gasteiger charge is -2.24. The fraction of sp³-hybridized carbons (Fsp3) is 0.833. The molecule has 0 radical (unpaired) electrons. The summed E-state index contributed by atoms with van der Waals surface area (Å²) in [6.07, 6.45) is 0.930. The number of likely N-dealkylation sites (tertiary alicyclic amines) is 1. The van der Waals surface area contributed by atoms with Crippen molar-refractivity contribution in [2.24, 2.45) is 5.92 Å². The molecule has 0 bridgehead atoms. The average molecular weight is 257 g/mol. The Morgan fingerprint density at radius 3 is 2.39 bits per heavy atom. The summed E-state index contributed by atoms with van der Waals surface area (Å²) in [7, 11) is 3.97. The first-order chi connectivity index (χ1) is 8.32. The molecular weight excluding hydrogens is 234 g/mol. The van der Waals surface area contributed by atoms with Gasteiger partial charge < -0.3 is 20.2 Å². The second-order valence-electron chi connectivity index (χ2n) is 5.36. The van der Waals surface area contributed by atoms with E-state index in [4.69, 9.17) is 5.11 Å². The number of nitrogens with one attached hydrogen (secondary N) is 1. The molecule has 0 aromatic heterocycles. The van der Waals surface area contributed by atoms with Crippen molar-refractivity contribution in [1.82, 2.24) is 15.1 Å². The Balaban J connectivity index is 2.53. The topological polar surface area (TPSA) is 72.9 Å². The van der Waals surface area contributed by atoms with Crippen molar-refractivity contribution in [2.45, 2.75) is 32.4 Å². The molecule has 18 heavy (non-hydrogen) atoms. The van der Waals surface area contributed by atoms with Crippen LogP contribution in [-0.4, -0.2) is 66.2 Å². The van der Waals surface area contributed by atoms with Crippen molar-refractivity contribution in [2.75, 3.05) is 27.2 Å². The molecule has 0 aromatic carbocycles. The number of amides is 2. The minimum Gasteiger partial charge on any atom is -0.480 e. The van der Waals surface area contributed by atoms with Gasteiger partial charge in [0.05, 0.1) is 0 Å². The highest BCUT2D eigenvalue weighted by Gasteiger charge is 2.30.